The fourth-order valence-corrected chi connectivity index (χ4v) is 2.83. The SMILES string of the molecule is Cc1c(C2(CC(=O)O)CC2)cc2c(c1C)OCO2. The molecule has 0 radical (unpaired) electrons. The van der Waals surface area contributed by atoms with Crippen LogP contribution in [0, 0.1) is 13.8 Å². The Morgan fingerprint density at radius 3 is 2.67 bits per heavy atom. The van der Waals surface area contributed by atoms with Crippen molar-refractivity contribution >= 4 is 5.97 Å². The molecule has 0 unspecified atom stereocenters. The van der Waals surface area contributed by atoms with E-state index in [1.165, 1.54) is 0 Å². The molecule has 0 aromatic heterocycles. The molecule has 4 heteroatoms. The number of hydrogen-bond donors (Lipinski definition) is 1. The number of carbonyl (C=O) groups is 1. The molecule has 2 aliphatic rings. The highest BCUT2D eigenvalue weighted by Crippen LogP contribution is 2.55. The Hall–Kier alpha value is -1.71. The third-order valence-corrected chi connectivity index (χ3v) is 4.14. The third kappa shape index (κ3) is 1.55. The van der Waals surface area contributed by atoms with Crippen LogP contribution >= 0.6 is 0 Å². The van der Waals surface area contributed by atoms with E-state index >= 15 is 0 Å². The summed E-state index contributed by atoms with van der Waals surface area (Å²) in [6.45, 7) is 4.29. The molecule has 1 aliphatic heterocycles. The summed E-state index contributed by atoms with van der Waals surface area (Å²) < 4.78 is 10.9. The van der Waals surface area contributed by atoms with E-state index < -0.39 is 5.97 Å². The van der Waals surface area contributed by atoms with E-state index in [0.717, 1.165) is 41.0 Å². The molecule has 4 nitrogen and oxygen atoms in total. The van der Waals surface area contributed by atoms with E-state index in [9.17, 15) is 4.79 Å². The van der Waals surface area contributed by atoms with E-state index in [0.29, 0.717) is 0 Å². The summed E-state index contributed by atoms with van der Waals surface area (Å²) in [6.07, 6.45) is 2.09. The molecule has 1 fully saturated rings. The van der Waals surface area contributed by atoms with Crippen LogP contribution < -0.4 is 9.47 Å². The number of carboxylic acids is 1. The minimum atomic E-state index is -0.734. The first-order valence-corrected chi connectivity index (χ1v) is 6.15. The normalized spacial score (nSPS) is 18.8. The van der Waals surface area contributed by atoms with E-state index in [4.69, 9.17) is 14.6 Å². The predicted molar refractivity (Wildman–Crippen MR) is 65.2 cm³/mol. The van der Waals surface area contributed by atoms with Crippen LogP contribution in [-0.4, -0.2) is 17.9 Å². The van der Waals surface area contributed by atoms with Gasteiger partial charge in [-0.15, -0.1) is 0 Å². The topological polar surface area (TPSA) is 55.8 Å². The maximum Gasteiger partial charge on any atom is 0.304 e. The second kappa shape index (κ2) is 3.64. The fraction of sp³-hybridized carbons (Fsp3) is 0.500. The van der Waals surface area contributed by atoms with E-state index in [-0.39, 0.29) is 18.6 Å². The summed E-state index contributed by atoms with van der Waals surface area (Å²) in [5.41, 5.74) is 3.14. The van der Waals surface area contributed by atoms with Gasteiger partial charge in [0.2, 0.25) is 6.79 Å². The van der Waals surface area contributed by atoms with Crippen LogP contribution in [0.1, 0.15) is 36.0 Å². The molecule has 1 saturated carbocycles. The summed E-state index contributed by atoms with van der Waals surface area (Å²) >= 11 is 0. The van der Waals surface area contributed by atoms with Crippen LogP contribution in [0.2, 0.25) is 0 Å². The molecule has 0 amide bonds. The molecule has 0 bridgehead atoms. The Labute approximate surface area is 106 Å². The maximum absolute atomic E-state index is 11.0. The Morgan fingerprint density at radius 2 is 2.06 bits per heavy atom. The fourth-order valence-electron chi connectivity index (χ4n) is 2.83. The minimum Gasteiger partial charge on any atom is -0.481 e. The number of ether oxygens (including phenoxy) is 2. The first kappa shape index (κ1) is 11.4. The van der Waals surface area contributed by atoms with Crippen molar-refractivity contribution in [3.63, 3.8) is 0 Å². The van der Waals surface area contributed by atoms with Gasteiger partial charge in [-0.1, -0.05) is 0 Å². The molecule has 0 spiro atoms. The van der Waals surface area contributed by atoms with Gasteiger partial charge in [-0.2, -0.15) is 0 Å². The number of carboxylic acid groups (broad SMARTS) is 1. The minimum absolute atomic E-state index is 0.179. The Balaban J connectivity index is 2.08. The van der Waals surface area contributed by atoms with Gasteiger partial charge < -0.3 is 14.6 Å². The van der Waals surface area contributed by atoms with Crippen molar-refractivity contribution in [2.45, 2.75) is 38.5 Å². The van der Waals surface area contributed by atoms with Gasteiger partial charge in [0.05, 0.1) is 6.42 Å². The second-order valence-corrected chi connectivity index (χ2v) is 5.26. The lowest BCUT2D eigenvalue weighted by molar-refractivity contribution is -0.137. The molecular formula is C14H16O4. The predicted octanol–water partition coefficient (Wildman–Crippen LogP) is 2.54. The summed E-state index contributed by atoms with van der Waals surface area (Å²) in [5.74, 6) is 0.828. The molecule has 0 atom stereocenters. The largest absolute Gasteiger partial charge is 0.481 e. The lowest BCUT2D eigenvalue weighted by Crippen LogP contribution is -2.15. The molecule has 96 valence electrons. The van der Waals surface area contributed by atoms with Gasteiger partial charge in [-0.3, -0.25) is 4.79 Å². The Morgan fingerprint density at radius 1 is 1.33 bits per heavy atom. The summed E-state index contributed by atoms with van der Waals surface area (Å²) in [6, 6.07) is 1.97. The molecule has 3 rings (SSSR count). The molecule has 1 aromatic carbocycles. The quantitative estimate of drug-likeness (QED) is 0.893. The molecule has 1 N–H and O–H groups in total. The number of aliphatic carboxylic acids is 1. The zero-order valence-electron chi connectivity index (χ0n) is 10.6. The van der Waals surface area contributed by atoms with Crippen molar-refractivity contribution in [1.82, 2.24) is 0 Å². The van der Waals surface area contributed by atoms with Crippen molar-refractivity contribution in [2.75, 3.05) is 6.79 Å². The number of hydrogen-bond acceptors (Lipinski definition) is 3. The second-order valence-electron chi connectivity index (χ2n) is 5.26. The van der Waals surface area contributed by atoms with Gasteiger partial charge in [0.1, 0.15) is 0 Å². The van der Waals surface area contributed by atoms with E-state index in [1.807, 2.05) is 19.9 Å². The van der Waals surface area contributed by atoms with Crippen LogP contribution in [0.3, 0.4) is 0 Å². The number of rotatable bonds is 3. The summed E-state index contributed by atoms with van der Waals surface area (Å²) in [7, 11) is 0. The van der Waals surface area contributed by atoms with Gasteiger partial charge in [0, 0.05) is 5.41 Å². The molecule has 0 saturated heterocycles. The van der Waals surface area contributed by atoms with E-state index in [1.54, 1.807) is 0 Å². The average Bonchev–Trinajstić information content (AvgIpc) is 2.91. The van der Waals surface area contributed by atoms with Gasteiger partial charge in [-0.25, -0.2) is 0 Å². The van der Waals surface area contributed by atoms with Gasteiger partial charge in [-0.05, 0) is 49.4 Å². The van der Waals surface area contributed by atoms with Crippen LogP contribution in [0.4, 0.5) is 0 Å². The molecule has 1 heterocycles. The van der Waals surface area contributed by atoms with Crippen LogP contribution in [0.15, 0.2) is 6.07 Å². The Bertz CT molecular complexity index is 529. The van der Waals surface area contributed by atoms with Crippen LogP contribution in [0.25, 0.3) is 0 Å². The van der Waals surface area contributed by atoms with Gasteiger partial charge >= 0.3 is 5.97 Å². The first-order valence-electron chi connectivity index (χ1n) is 6.15. The number of benzene rings is 1. The average molecular weight is 248 g/mol. The maximum atomic E-state index is 11.0. The standard InChI is InChI=1S/C14H16O4/c1-8-9(2)13-11(17-7-18-13)5-10(8)14(3-4-14)6-12(15)16/h5H,3-4,6-7H2,1-2H3,(H,15,16). The van der Waals surface area contributed by atoms with Crippen molar-refractivity contribution in [3.8, 4) is 11.5 Å². The lowest BCUT2D eigenvalue weighted by atomic mass is 9.86. The molecule has 18 heavy (non-hydrogen) atoms. The number of fused-ring (bicyclic) bond motifs is 1. The van der Waals surface area contributed by atoms with Crippen LogP contribution in [0.5, 0.6) is 11.5 Å². The molecular weight excluding hydrogens is 232 g/mol. The van der Waals surface area contributed by atoms with Crippen molar-refractivity contribution < 1.29 is 19.4 Å². The van der Waals surface area contributed by atoms with Crippen molar-refractivity contribution in [3.05, 3.63) is 22.8 Å². The highest BCUT2D eigenvalue weighted by molar-refractivity contribution is 5.71. The lowest BCUT2D eigenvalue weighted by Gasteiger charge is -2.19. The van der Waals surface area contributed by atoms with Gasteiger partial charge in [0.25, 0.3) is 0 Å². The van der Waals surface area contributed by atoms with Gasteiger partial charge in [0.15, 0.2) is 11.5 Å². The Kier molecular flexibility index (Phi) is 2.30. The molecule has 1 aromatic rings. The first-order chi connectivity index (χ1) is 8.53. The zero-order chi connectivity index (χ0) is 12.9. The highest BCUT2D eigenvalue weighted by Gasteiger charge is 2.47. The monoisotopic (exact) mass is 248 g/mol. The summed E-state index contributed by atoms with van der Waals surface area (Å²) in [5, 5.41) is 9.05. The summed E-state index contributed by atoms with van der Waals surface area (Å²) in [4.78, 5) is 11.0. The highest BCUT2D eigenvalue weighted by atomic mass is 16.7. The smallest absolute Gasteiger partial charge is 0.304 e. The van der Waals surface area contributed by atoms with E-state index in [2.05, 4.69) is 0 Å². The molecule has 1 aliphatic carbocycles. The van der Waals surface area contributed by atoms with Crippen molar-refractivity contribution in [2.24, 2.45) is 0 Å². The van der Waals surface area contributed by atoms with Crippen LogP contribution in [-0.2, 0) is 10.2 Å². The zero-order valence-corrected chi connectivity index (χ0v) is 10.6. The van der Waals surface area contributed by atoms with Crippen molar-refractivity contribution in [1.29, 1.82) is 0 Å². The third-order valence-electron chi connectivity index (χ3n) is 4.14.